The Balaban J connectivity index is 1.68. The van der Waals surface area contributed by atoms with Crippen molar-refractivity contribution in [3.63, 3.8) is 0 Å². The summed E-state index contributed by atoms with van der Waals surface area (Å²) >= 11 is 0. The van der Waals surface area contributed by atoms with E-state index in [4.69, 9.17) is 0 Å². The molecule has 0 aliphatic rings. The zero-order valence-electron chi connectivity index (χ0n) is 15.4. The fraction of sp³-hybridized carbons (Fsp3) is 0.200. The number of hydrogen-bond donors (Lipinski definition) is 0. The molecule has 0 unspecified atom stereocenters. The van der Waals surface area contributed by atoms with Gasteiger partial charge < -0.3 is 0 Å². The minimum Gasteiger partial charge on any atom is -0.204 e. The lowest BCUT2D eigenvalue weighted by atomic mass is 10.0. The first kappa shape index (κ1) is 18.9. The highest BCUT2D eigenvalue weighted by atomic mass is 19.2. The van der Waals surface area contributed by atoms with Crippen LogP contribution < -0.4 is 0 Å². The van der Waals surface area contributed by atoms with Crippen molar-refractivity contribution in [1.29, 1.82) is 0 Å². The predicted molar refractivity (Wildman–Crippen MR) is 107 cm³/mol. The lowest BCUT2D eigenvalue weighted by molar-refractivity contribution is 0.508. The second kappa shape index (κ2) is 9.14. The highest BCUT2D eigenvalue weighted by Crippen LogP contribution is 2.21. The molecule has 27 heavy (non-hydrogen) atoms. The van der Waals surface area contributed by atoms with Gasteiger partial charge in [-0.1, -0.05) is 68.0 Å². The van der Waals surface area contributed by atoms with E-state index in [1.165, 1.54) is 36.5 Å². The van der Waals surface area contributed by atoms with Gasteiger partial charge in [0.2, 0.25) is 0 Å². The molecule has 0 radical (unpaired) electrons. The lowest BCUT2D eigenvalue weighted by Gasteiger charge is -2.05. The number of benzene rings is 3. The molecule has 0 spiro atoms. The van der Waals surface area contributed by atoms with E-state index in [9.17, 15) is 8.78 Å². The minimum atomic E-state index is -0.879. The summed E-state index contributed by atoms with van der Waals surface area (Å²) in [6, 6.07) is 20.3. The second-order valence-electron chi connectivity index (χ2n) is 6.61. The van der Waals surface area contributed by atoms with Gasteiger partial charge in [0, 0.05) is 11.1 Å². The summed E-state index contributed by atoms with van der Waals surface area (Å²) < 4.78 is 26.2. The summed E-state index contributed by atoms with van der Waals surface area (Å²) in [7, 11) is 0. The monoisotopic (exact) mass is 360 g/mol. The molecule has 0 amide bonds. The van der Waals surface area contributed by atoms with Crippen molar-refractivity contribution in [3.8, 4) is 23.0 Å². The third-order valence-electron chi connectivity index (χ3n) is 4.51. The third kappa shape index (κ3) is 5.28. The molecule has 0 saturated heterocycles. The van der Waals surface area contributed by atoms with E-state index in [1.54, 1.807) is 0 Å². The van der Waals surface area contributed by atoms with Gasteiger partial charge >= 0.3 is 0 Å². The lowest BCUT2D eigenvalue weighted by Crippen LogP contribution is -1.86. The van der Waals surface area contributed by atoms with Gasteiger partial charge in [0.15, 0.2) is 11.6 Å². The van der Waals surface area contributed by atoms with Crippen molar-refractivity contribution < 1.29 is 8.78 Å². The maximum Gasteiger partial charge on any atom is 0.160 e. The molecule has 0 fully saturated rings. The average Bonchev–Trinajstić information content (AvgIpc) is 2.70. The molecule has 136 valence electrons. The van der Waals surface area contributed by atoms with E-state index >= 15 is 0 Å². The van der Waals surface area contributed by atoms with Gasteiger partial charge in [0.1, 0.15) is 0 Å². The summed E-state index contributed by atoms with van der Waals surface area (Å²) in [4.78, 5) is 0. The highest BCUT2D eigenvalue weighted by molar-refractivity contribution is 5.64. The number of unbranched alkanes of at least 4 members (excludes halogenated alkanes) is 2. The number of hydrogen-bond acceptors (Lipinski definition) is 0. The Morgan fingerprint density at radius 3 is 1.89 bits per heavy atom. The van der Waals surface area contributed by atoms with E-state index in [0.717, 1.165) is 29.7 Å². The van der Waals surface area contributed by atoms with Crippen LogP contribution in [0.15, 0.2) is 66.7 Å². The smallest absolute Gasteiger partial charge is 0.160 e. The Kier molecular flexibility index (Phi) is 6.39. The molecule has 0 N–H and O–H groups in total. The van der Waals surface area contributed by atoms with Crippen LogP contribution in [-0.4, -0.2) is 0 Å². The summed E-state index contributed by atoms with van der Waals surface area (Å²) in [5.41, 5.74) is 4.97. The van der Waals surface area contributed by atoms with Crippen LogP contribution in [0.5, 0.6) is 0 Å². The first-order chi connectivity index (χ1) is 13.2. The van der Waals surface area contributed by atoms with Crippen LogP contribution in [0.1, 0.15) is 42.9 Å². The van der Waals surface area contributed by atoms with Crippen LogP contribution >= 0.6 is 0 Å². The Bertz CT molecular complexity index is 942. The molecule has 3 aromatic carbocycles. The zero-order valence-corrected chi connectivity index (χ0v) is 15.4. The van der Waals surface area contributed by atoms with E-state index in [0.29, 0.717) is 5.56 Å². The molecule has 3 rings (SSSR count). The summed E-state index contributed by atoms with van der Waals surface area (Å²) in [5, 5.41) is 0. The van der Waals surface area contributed by atoms with E-state index < -0.39 is 11.6 Å². The van der Waals surface area contributed by atoms with Crippen LogP contribution in [-0.2, 0) is 6.42 Å². The van der Waals surface area contributed by atoms with Crippen LogP contribution in [0, 0.1) is 23.5 Å². The van der Waals surface area contributed by atoms with Crippen LogP contribution in [0.2, 0.25) is 0 Å². The Hall–Kier alpha value is -2.92. The molecule has 0 atom stereocenters. The van der Waals surface area contributed by atoms with Crippen molar-refractivity contribution >= 4 is 0 Å². The maximum absolute atomic E-state index is 13.2. The molecule has 0 nitrogen and oxygen atoms in total. The molecule has 0 bridgehead atoms. The first-order valence-electron chi connectivity index (χ1n) is 9.32. The largest absolute Gasteiger partial charge is 0.204 e. The van der Waals surface area contributed by atoms with Gasteiger partial charge in [0.25, 0.3) is 0 Å². The van der Waals surface area contributed by atoms with E-state index in [1.807, 2.05) is 24.3 Å². The SMILES string of the molecule is CCCCCc1ccc(-c2ccc(C#Cc3ccc(F)c(F)c3)cc2)cc1. The molecule has 0 heterocycles. The van der Waals surface area contributed by atoms with Gasteiger partial charge in [-0.25, -0.2) is 8.78 Å². The van der Waals surface area contributed by atoms with Crippen LogP contribution in [0.3, 0.4) is 0 Å². The fourth-order valence-corrected chi connectivity index (χ4v) is 2.91. The van der Waals surface area contributed by atoms with Crippen molar-refractivity contribution in [2.45, 2.75) is 32.6 Å². The molecule has 0 saturated carbocycles. The second-order valence-corrected chi connectivity index (χ2v) is 6.61. The normalized spacial score (nSPS) is 10.3. The van der Waals surface area contributed by atoms with Gasteiger partial charge in [-0.3, -0.25) is 0 Å². The summed E-state index contributed by atoms with van der Waals surface area (Å²) in [6.45, 7) is 2.22. The number of halogens is 2. The van der Waals surface area contributed by atoms with Crippen molar-refractivity contribution in [2.24, 2.45) is 0 Å². The van der Waals surface area contributed by atoms with E-state index in [2.05, 4.69) is 43.0 Å². The predicted octanol–water partition coefficient (Wildman–Crippen LogP) is 6.76. The molecule has 0 aromatic heterocycles. The molecular formula is C25H22F2. The zero-order chi connectivity index (χ0) is 19.1. The van der Waals surface area contributed by atoms with E-state index in [-0.39, 0.29) is 0 Å². The molecule has 0 aliphatic heterocycles. The Labute approximate surface area is 159 Å². The minimum absolute atomic E-state index is 0.455. The third-order valence-corrected chi connectivity index (χ3v) is 4.51. The highest BCUT2D eigenvalue weighted by Gasteiger charge is 2.01. The van der Waals surface area contributed by atoms with Gasteiger partial charge in [-0.2, -0.15) is 0 Å². The first-order valence-corrected chi connectivity index (χ1v) is 9.32. The van der Waals surface area contributed by atoms with Gasteiger partial charge in [0.05, 0.1) is 0 Å². The Morgan fingerprint density at radius 2 is 1.26 bits per heavy atom. The summed E-state index contributed by atoms with van der Waals surface area (Å²) in [5.74, 6) is 4.11. The number of rotatable bonds is 5. The number of aryl methyl sites for hydroxylation is 1. The quantitative estimate of drug-likeness (QED) is 0.348. The maximum atomic E-state index is 13.2. The topological polar surface area (TPSA) is 0 Å². The van der Waals surface area contributed by atoms with Crippen molar-refractivity contribution in [1.82, 2.24) is 0 Å². The average molecular weight is 360 g/mol. The molecular weight excluding hydrogens is 338 g/mol. The molecule has 2 heteroatoms. The molecule has 0 aliphatic carbocycles. The van der Waals surface area contributed by atoms with Gasteiger partial charge in [-0.15, -0.1) is 0 Å². The van der Waals surface area contributed by atoms with Crippen LogP contribution in [0.25, 0.3) is 11.1 Å². The Morgan fingerprint density at radius 1 is 0.667 bits per heavy atom. The van der Waals surface area contributed by atoms with Crippen molar-refractivity contribution in [2.75, 3.05) is 0 Å². The van der Waals surface area contributed by atoms with Crippen LogP contribution in [0.4, 0.5) is 8.78 Å². The standard InChI is InChI=1S/C25H22F2/c1-2-3-4-5-19-8-13-22(14-9-19)23-15-10-20(11-16-23)6-7-21-12-17-24(26)25(27)18-21/h8-18H,2-5H2,1H3. The fourth-order valence-electron chi connectivity index (χ4n) is 2.91. The van der Waals surface area contributed by atoms with Crippen molar-refractivity contribution in [3.05, 3.63) is 95.1 Å². The summed E-state index contributed by atoms with van der Waals surface area (Å²) in [6.07, 6.45) is 4.88. The van der Waals surface area contributed by atoms with Gasteiger partial charge in [-0.05, 0) is 59.9 Å². The molecule has 3 aromatic rings.